The average Bonchev–Trinajstić information content (AvgIpc) is 2.57. The van der Waals surface area contributed by atoms with Crippen molar-refractivity contribution in [3.63, 3.8) is 0 Å². The summed E-state index contributed by atoms with van der Waals surface area (Å²) in [7, 11) is -1.89. The fourth-order valence-electron chi connectivity index (χ4n) is 1.86. The quantitative estimate of drug-likeness (QED) is 0.666. The number of anilines is 1. The van der Waals surface area contributed by atoms with Gasteiger partial charge in [0.25, 0.3) is 0 Å². The molecule has 130 valence electrons. The van der Waals surface area contributed by atoms with Crippen molar-refractivity contribution >= 4 is 15.7 Å². The molecule has 0 aromatic heterocycles. The van der Waals surface area contributed by atoms with E-state index in [1.807, 2.05) is 30.3 Å². The topological polar surface area (TPSA) is 73.9 Å². The van der Waals surface area contributed by atoms with Gasteiger partial charge in [-0.15, -0.1) is 0 Å². The Labute approximate surface area is 142 Å². The number of hydrogen-bond donors (Lipinski definition) is 1. The minimum Gasteiger partial charge on any atom is -0.457 e. The highest BCUT2D eigenvalue weighted by Gasteiger charge is 2.10. The number of nitrogens with one attached hydrogen (secondary N) is 1. The van der Waals surface area contributed by atoms with Gasteiger partial charge in [-0.25, -0.2) is 8.42 Å². The Kier molecular flexibility index (Phi) is 7.05. The number of hydrogen-bond acceptors (Lipinski definition) is 5. The molecular formula is C17H21NO5S. The van der Waals surface area contributed by atoms with Gasteiger partial charge in [0.05, 0.1) is 25.6 Å². The first kappa shape index (κ1) is 18.3. The van der Waals surface area contributed by atoms with Crippen LogP contribution in [0.25, 0.3) is 0 Å². The van der Waals surface area contributed by atoms with Gasteiger partial charge >= 0.3 is 0 Å². The van der Waals surface area contributed by atoms with Crippen LogP contribution in [0.3, 0.4) is 0 Å². The van der Waals surface area contributed by atoms with E-state index in [4.69, 9.17) is 14.2 Å². The number of para-hydroxylation sites is 1. The molecule has 0 aliphatic carbocycles. The Hall–Kier alpha value is -2.09. The number of benzene rings is 2. The van der Waals surface area contributed by atoms with Crippen LogP contribution in [-0.2, 0) is 19.5 Å². The zero-order chi connectivity index (χ0) is 17.3. The number of sulfonamides is 1. The fourth-order valence-corrected chi connectivity index (χ4v) is 2.79. The smallest absolute Gasteiger partial charge is 0.234 e. The molecule has 2 rings (SSSR count). The summed E-state index contributed by atoms with van der Waals surface area (Å²) in [6.07, 6.45) is 0. The highest BCUT2D eigenvalue weighted by Crippen LogP contribution is 2.22. The number of methoxy groups -OCH3 is 1. The first-order valence-corrected chi connectivity index (χ1v) is 9.14. The molecule has 0 aliphatic heterocycles. The molecule has 2 aromatic carbocycles. The van der Waals surface area contributed by atoms with E-state index in [1.165, 1.54) is 0 Å². The van der Waals surface area contributed by atoms with Crippen LogP contribution in [-0.4, -0.2) is 41.1 Å². The lowest BCUT2D eigenvalue weighted by molar-refractivity contribution is 0.0785. The van der Waals surface area contributed by atoms with E-state index in [-0.39, 0.29) is 12.4 Å². The zero-order valence-corrected chi connectivity index (χ0v) is 14.3. The summed E-state index contributed by atoms with van der Waals surface area (Å²) >= 11 is 0. The summed E-state index contributed by atoms with van der Waals surface area (Å²) in [5.41, 5.74) is 0.479. The molecule has 0 heterocycles. The molecule has 0 radical (unpaired) electrons. The molecular weight excluding hydrogens is 330 g/mol. The van der Waals surface area contributed by atoms with Crippen LogP contribution in [0.15, 0.2) is 54.6 Å². The summed E-state index contributed by atoms with van der Waals surface area (Å²) in [5.74, 6) is 1.24. The van der Waals surface area contributed by atoms with Crippen LogP contribution >= 0.6 is 0 Å². The molecule has 0 unspecified atom stereocenters. The van der Waals surface area contributed by atoms with Gasteiger partial charge in [0.1, 0.15) is 11.5 Å². The van der Waals surface area contributed by atoms with Crippen molar-refractivity contribution in [2.45, 2.75) is 0 Å². The normalized spacial score (nSPS) is 11.2. The van der Waals surface area contributed by atoms with E-state index >= 15 is 0 Å². The van der Waals surface area contributed by atoms with Crippen molar-refractivity contribution in [3.05, 3.63) is 54.6 Å². The van der Waals surface area contributed by atoms with Crippen molar-refractivity contribution in [1.29, 1.82) is 0 Å². The molecule has 2 aromatic rings. The maximum Gasteiger partial charge on any atom is 0.234 e. The summed E-state index contributed by atoms with van der Waals surface area (Å²) in [5, 5.41) is 0. The van der Waals surface area contributed by atoms with E-state index < -0.39 is 10.0 Å². The van der Waals surface area contributed by atoms with Crippen LogP contribution in [0.5, 0.6) is 11.5 Å². The van der Waals surface area contributed by atoms with Gasteiger partial charge < -0.3 is 14.2 Å². The number of ether oxygens (including phenoxy) is 3. The molecule has 24 heavy (non-hydrogen) atoms. The van der Waals surface area contributed by atoms with E-state index in [0.29, 0.717) is 24.7 Å². The molecule has 6 nitrogen and oxygen atoms in total. The van der Waals surface area contributed by atoms with Gasteiger partial charge in [0.15, 0.2) is 0 Å². The molecule has 0 aliphatic rings. The Morgan fingerprint density at radius 2 is 1.54 bits per heavy atom. The van der Waals surface area contributed by atoms with Crippen LogP contribution in [0.4, 0.5) is 5.69 Å². The summed E-state index contributed by atoms with van der Waals surface area (Å²) < 4.78 is 42.1. The van der Waals surface area contributed by atoms with Gasteiger partial charge in [-0.3, -0.25) is 4.72 Å². The van der Waals surface area contributed by atoms with Crippen LogP contribution < -0.4 is 9.46 Å². The largest absolute Gasteiger partial charge is 0.457 e. The molecule has 1 N–H and O–H groups in total. The van der Waals surface area contributed by atoms with Crippen molar-refractivity contribution < 1.29 is 22.6 Å². The van der Waals surface area contributed by atoms with Crippen LogP contribution in [0, 0.1) is 0 Å². The van der Waals surface area contributed by atoms with Crippen molar-refractivity contribution in [3.8, 4) is 11.5 Å². The fraction of sp³-hybridized carbons (Fsp3) is 0.294. The average molecular weight is 351 g/mol. The maximum absolute atomic E-state index is 12.0. The third-order valence-electron chi connectivity index (χ3n) is 3.03. The first-order valence-electron chi connectivity index (χ1n) is 7.49. The first-order chi connectivity index (χ1) is 11.6. The maximum atomic E-state index is 12.0. The Morgan fingerprint density at radius 1 is 0.875 bits per heavy atom. The predicted octanol–water partition coefficient (Wildman–Crippen LogP) is 2.88. The highest BCUT2D eigenvalue weighted by atomic mass is 32.2. The molecule has 0 saturated heterocycles. The molecule has 0 bridgehead atoms. The van der Waals surface area contributed by atoms with E-state index in [9.17, 15) is 8.42 Å². The SMILES string of the molecule is COCCOCCS(=O)(=O)Nc1ccc(Oc2ccccc2)cc1. The van der Waals surface area contributed by atoms with Gasteiger partial charge in [0.2, 0.25) is 10.0 Å². The summed E-state index contributed by atoms with van der Waals surface area (Å²) in [6.45, 7) is 0.932. The second-order valence-electron chi connectivity index (χ2n) is 4.97. The molecule has 0 spiro atoms. The second-order valence-corrected chi connectivity index (χ2v) is 6.81. The second kappa shape index (κ2) is 9.27. The third kappa shape index (κ3) is 6.57. The Morgan fingerprint density at radius 3 is 2.21 bits per heavy atom. The molecule has 0 fully saturated rings. The Balaban J connectivity index is 1.84. The zero-order valence-electron chi connectivity index (χ0n) is 13.5. The van der Waals surface area contributed by atoms with Crippen molar-refractivity contribution in [2.24, 2.45) is 0 Å². The van der Waals surface area contributed by atoms with Crippen LogP contribution in [0.2, 0.25) is 0 Å². The lowest BCUT2D eigenvalue weighted by Crippen LogP contribution is -2.20. The highest BCUT2D eigenvalue weighted by molar-refractivity contribution is 7.92. The van der Waals surface area contributed by atoms with Crippen molar-refractivity contribution in [2.75, 3.05) is 37.4 Å². The summed E-state index contributed by atoms with van der Waals surface area (Å²) in [6, 6.07) is 16.1. The van der Waals surface area contributed by atoms with Gasteiger partial charge in [-0.1, -0.05) is 18.2 Å². The van der Waals surface area contributed by atoms with Gasteiger partial charge in [-0.05, 0) is 36.4 Å². The minimum absolute atomic E-state index is 0.112. The van der Waals surface area contributed by atoms with E-state index in [1.54, 1.807) is 31.4 Å². The van der Waals surface area contributed by atoms with E-state index in [2.05, 4.69) is 4.72 Å². The third-order valence-corrected chi connectivity index (χ3v) is 4.29. The lowest BCUT2D eigenvalue weighted by Gasteiger charge is -2.10. The summed E-state index contributed by atoms with van der Waals surface area (Å²) in [4.78, 5) is 0. The van der Waals surface area contributed by atoms with Crippen LogP contribution in [0.1, 0.15) is 0 Å². The van der Waals surface area contributed by atoms with Crippen molar-refractivity contribution in [1.82, 2.24) is 0 Å². The molecule has 7 heteroatoms. The van der Waals surface area contributed by atoms with Gasteiger partial charge in [0, 0.05) is 12.8 Å². The van der Waals surface area contributed by atoms with Gasteiger partial charge in [-0.2, -0.15) is 0 Å². The standard InChI is InChI=1S/C17H21NO5S/c1-21-11-12-22-13-14-24(19,20)18-15-7-9-17(10-8-15)23-16-5-3-2-4-6-16/h2-10,18H,11-14H2,1H3. The molecule has 0 saturated carbocycles. The Bertz CT molecular complexity index is 702. The lowest BCUT2D eigenvalue weighted by atomic mass is 10.3. The molecule has 0 amide bonds. The minimum atomic E-state index is -3.45. The van der Waals surface area contributed by atoms with E-state index in [0.717, 1.165) is 5.75 Å². The predicted molar refractivity (Wildman–Crippen MR) is 93.1 cm³/mol. The number of rotatable bonds is 10. The monoisotopic (exact) mass is 351 g/mol. The molecule has 0 atom stereocenters.